The molecule has 0 saturated heterocycles. The van der Waals surface area contributed by atoms with Crippen molar-refractivity contribution in [3.05, 3.63) is 37.8 Å². The van der Waals surface area contributed by atoms with Gasteiger partial charge in [-0.15, -0.1) is 0 Å². The first-order chi connectivity index (χ1) is 9.25. The van der Waals surface area contributed by atoms with Gasteiger partial charge in [-0.05, 0) is 6.92 Å². The molecule has 0 aromatic carbocycles. The van der Waals surface area contributed by atoms with E-state index in [9.17, 15) is 29.9 Å². The van der Waals surface area contributed by atoms with Crippen molar-refractivity contribution in [2.75, 3.05) is 6.54 Å². The van der Waals surface area contributed by atoms with Crippen LogP contribution in [0.4, 0.5) is 5.69 Å². The number of aromatic amines is 1. The van der Waals surface area contributed by atoms with Crippen LogP contribution in [0.2, 0.25) is 0 Å². The Balaban J connectivity index is 3.08. The number of aliphatic hydroxyl groups excluding tert-OH is 2. The Bertz CT molecular complexity index is 582. The van der Waals surface area contributed by atoms with Crippen molar-refractivity contribution in [1.82, 2.24) is 10.3 Å². The molecule has 0 fully saturated rings. The lowest BCUT2D eigenvalue weighted by molar-refractivity contribution is -0.387. The molecule has 0 saturated carbocycles. The highest BCUT2D eigenvalue weighted by atomic mass is 16.6. The van der Waals surface area contributed by atoms with E-state index >= 15 is 0 Å². The first-order valence-electron chi connectivity index (χ1n) is 5.72. The summed E-state index contributed by atoms with van der Waals surface area (Å²) in [5.41, 5.74) is -1.59. The number of hydrogen-bond donors (Lipinski definition) is 4. The normalized spacial score (nSPS) is 13.6. The van der Waals surface area contributed by atoms with Crippen molar-refractivity contribution in [3.63, 3.8) is 0 Å². The minimum Gasteiger partial charge on any atom is -0.388 e. The maximum Gasteiger partial charge on any atom is 0.337 e. The summed E-state index contributed by atoms with van der Waals surface area (Å²) in [7, 11) is 0. The molecule has 0 aliphatic carbocycles. The number of amides is 1. The van der Waals surface area contributed by atoms with Crippen LogP contribution in [0, 0.1) is 17.0 Å². The fourth-order valence-corrected chi connectivity index (χ4v) is 1.72. The van der Waals surface area contributed by atoms with Crippen molar-refractivity contribution in [3.8, 4) is 0 Å². The number of nitro groups is 1. The molecule has 0 spiro atoms. The lowest BCUT2D eigenvalue weighted by Crippen LogP contribution is -2.34. The molecule has 1 aromatic rings. The van der Waals surface area contributed by atoms with E-state index in [-0.39, 0.29) is 23.6 Å². The highest BCUT2D eigenvalue weighted by molar-refractivity contribution is 5.72. The van der Waals surface area contributed by atoms with Crippen LogP contribution < -0.4 is 10.9 Å². The number of pyridine rings is 1. The molecule has 4 N–H and O–H groups in total. The van der Waals surface area contributed by atoms with Gasteiger partial charge in [0.1, 0.15) is 12.2 Å². The van der Waals surface area contributed by atoms with Gasteiger partial charge < -0.3 is 20.5 Å². The SMILES string of the molecule is CC(=O)NCC(O)C(O)c1c[nH]c(=O)c([N+](=O)[O-])c1C. The Kier molecular flexibility index (Phi) is 4.94. The Morgan fingerprint density at radius 1 is 1.55 bits per heavy atom. The Hall–Kier alpha value is -2.26. The number of nitrogens with one attached hydrogen (secondary N) is 2. The van der Waals surface area contributed by atoms with Gasteiger partial charge in [-0.2, -0.15) is 0 Å². The Labute approximate surface area is 113 Å². The number of aromatic nitrogens is 1. The van der Waals surface area contributed by atoms with Gasteiger partial charge in [0.25, 0.3) is 0 Å². The summed E-state index contributed by atoms with van der Waals surface area (Å²) in [6.07, 6.45) is -1.73. The van der Waals surface area contributed by atoms with Crippen molar-refractivity contribution >= 4 is 11.6 Å². The zero-order chi connectivity index (χ0) is 15.4. The molecule has 1 amide bonds. The number of hydrogen-bond acceptors (Lipinski definition) is 6. The number of H-pyrrole nitrogens is 1. The van der Waals surface area contributed by atoms with Crippen molar-refractivity contribution < 1.29 is 19.9 Å². The summed E-state index contributed by atoms with van der Waals surface area (Å²) >= 11 is 0. The molecule has 0 aliphatic heterocycles. The number of carbonyl (C=O) groups is 1. The summed E-state index contributed by atoms with van der Waals surface area (Å²) in [6.45, 7) is 2.33. The van der Waals surface area contributed by atoms with Crippen molar-refractivity contribution in [2.24, 2.45) is 0 Å². The molecule has 2 unspecified atom stereocenters. The van der Waals surface area contributed by atoms with Gasteiger partial charge in [0, 0.05) is 30.8 Å². The highest BCUT2D eigenvalue weighted by Crippen LogP contribution is 2.24. The molecule has 9 heteroatoms. The van der Waals surface area contributed by atoms with E-state index in [1.807, 2.05) is 0 Å². The monoisotopic (exact) mass is 285 g/mol. The van der Waals surface area contributed by atoms with Crippen LogP contribution in [0.1, 0.15) is 24.2 Å². The average molecular weight is 285 g/mol. The third-order valence-corrected chi connectivity index (χ3v) is 2.79. The van der Waals surface area contributed by atoms with Gasteiger partial charge >= 0.3 is 11.2 Å². The zero-order valence-electron chi connectivity index (χ0n) is 10.9. The second kappa shape index (κ2) is 6.26. The molecule has 9 nitrogen and oxygen atoms in total. The van der Waals surface area contributed by atoms with Crippen LogP contribution in [-0.2, 0) is 4.79 Å². The van der Waals surface area contributed by atoms with Crippen molar-refractivity contribution in [1.29, 1.82) is 0 Å². The van der Waals surface area contributed by atoms with Gasteiger partial charge in [0.15, 0.2) is 0 Å². The minimum absolute atomic E-state index is 0.0224. The lowest BCUT2D eigenvalue weighted by Gasteiger charge is -2.19. The largest absolute Gasteiger partial charge is 0.388 e. The quantitative estimate of drug-likeness (QED) is 0.408. The third kappa shape index (κ3) is 3.39. The van der Waals surface area contributed by atoms with Crippen LogP contribution in [0.15, 0.2) is 11.0 Å². The standard InChI is InChI=1S/C11H15N3O6/c1-5-7(3-13-11(18)9(5)14(19)20)10(17)8(16)4-12-6(2)15/h3,8,10,16-17H,4H2,1-2H3,(H,12,15)(H,13,18). The molecule has 1 heterocycles. The number of nitrogens with zero attached hydrogens (tertiary/aromatic N) is 1. The second-order valence-electron chi connectivity index (χ2n) is 4.25. The average Bonchev–Trinajstić information content (AvgIpc) is 2.34. The Morgan fingerprint density at radius 2 is 2.15 bits per heavy atom. The van der Waals surface area contributed by atoms with Crippen LogP contribution in [0.3, 0.4) is 0 Å². The fraction of sp³-hybridized carbons (Fsp3) is 0.455. The molecule has 20 heavy (non-hydrogen) atoms. The van der Waals surface area contributed by atoms with Crippen LogP contribution >= 0.6 is 0 Å². The maximum atomic E-state index is 11.3. The summed E-state index contributed by atoms with van der Waals surface area (Å²) in [6, 6.07) is 0. The first-order valence-corrected chi connectivity index (χ1v) is 5.72. The zero-order valence-corrected chi connectivity index (χ0v) is 10.9. The molecule has 1 rings (SSSR count). The molecule has 1 aromatic heterocycles. The van der Waals surface area contributed by atoms with Crippen LogP contribution in [0.5, 0.6) is 0 Å². The van der Waals surface area contributed by atoms with Gasteiger partial charge in [0.2, 0.25) is 5.91 Å². The summed E-state index contributed by atoms with van der Waals surface area (Å²) in [5, 5.41) is 32.7. The van der Waals surface area contributed by atoms with Gasteiger partial charge in [-0.25, -0.2) is 0 Å². The van der Waals surface area contributed by atoms with E-state index in [4.69, 9.17) is 0 Å². The van der Waals surface area contributed by atoms with Crippen LogP contribution in [-0.4, -0.2) is 38.7 Å². The van der Waals surface area contributed by atoms with E-state index in [0.717, 1.165) is 6.20 Å². The predicted octanol–water partition coefficient (Wildman–Crippen LogP) is -0.878. The van der Waals surface area contributed by atoms with Gasteiger partial charge in [-0.1, -0.05) is 0 Å². The summed E-state index contributed by atoms with van der Waals surface area (Å²) in [4.78, 5) is 34.1. The summed E-state index contributed by atoms with van der Waals surface area (Å²) in [5.74, 6) is -0.388. The summed E-state index contributed by atoms with van der Waals surface area (Å²) < 4.78 is 0. The van der Waals surface area contributed by atoms with E-state index < -0.39 is 28.4 Å². The molecular formula is C11H15N3O6. The topological polar surface area (TPSA) is 146 Å². The van der Waals surface area contributed by atoms with Crippen LogP contribution in [0.25, 0.3) is 0 Å². The molecule has 0 bridgehead atoms. The molecular weight excluding hydrogens is 270 g/mol. The van der Waals surface area contributed by atoms with E-state index in [2.05, 4.69) is 10.3 Å². The highest BCUT2D eigenvalue weighted by Gasteiger charge is 2.26. The Morgan fingerprint density at radius 3 is 2.65 bits per heavy atom. The number of aliphatic hydroxyl groups is 2. The third-order valence-electron chi connectivity index (χ3n) is 2.79. The van der Waals surface area contributed by atoms with Gasteiger partial charge in [0.05, 0.1) is 4.92 Å². The predicted molar refractivity (Wildman–Crippen MR) is 68.1 cm³/mol. The van der Waals surface area contributed by atoms with Crippen molar-refractivity contribution in [2.45, 2.75) is 26.1 Å². The minimum atomic E-state index is -1.47. The molecule has 0 radical (unpaired) electrons. The molecule has 110 valence electrons. The number of carbonyl (C=O) groups excluding carboxylic acids is 1. The first kappa shape index (κ1) is 15.8. The van der Waals surface area contributed by atoms with E-state index in [1.54, 1.807) is 0 Å². The number of rotatable bonds is 5. The second-order valence-corrected chi connectivity index (χ2v) is 4.25. The fourth-order valence-electron chi connectivity index (χ4n) is 1.72. The maximum absolute atomic E-state index is 11.3. The lowest BCUT2D eigenvalue weighted by atomic mass is 10.0. The smallest absolute Gasteiger partial charge is 0.337 e. The van der Waals surface area contributed by atoms with Gasteiger partial charge in [-0.3, -0.25) is 19.7 Å². The molecule has 0 aliphatic rings. The molecule has 2 atom stereocenters. The van der Waals surface area contributed by atoms with E-state index in [1.165, 1.54) is 13.8 Å². The van der Waals surface area contributed by atoms with E-state index in [0.29, 0.717) is 0 Å².